The largest absolute Gasteiger partial charge is 0.495 e. The minimum Gasteiger partial charge on any atom is -0.495 e. The number of nitrogens with zero attached hydrogens (tertiary/aromatic N) is 1. The Kier molecular flexibility index (Phi) is 3.35. The summed E-state index contributed by atoms with van der Waals surface area (Å²) in [7, 11) is 3.29. The summed E-state index contributed by atoms with van der Waals surface area (Å²) in [5.74, 6) is 0.778. The lowest BCUT2D eigenvalue weighted by Gasteiger charge is -2.17. The summed E-state index contributed by atoms with van der Waals surface area (Å²) in [4.78, 5) is 4.29. The molecule has 0 saturated heterocycles. The summed E-state index contributed by atoms with van der Waals surface area (Å²) in [6.45, 7) is 2.41. The molecule has 1 heterocycles. The van der Waals surface area contributed by atoms with Crippen molar-refractivity contribution in [2.75, 3.05) is 14.2 Å². The number of hydrogen-bond donors (Lipinski definition) is 1. The van der Waals surface area contributed by atoms with Crippen LogP contribution >= 0.6 is 0 Å². The Bertz CT molecular complexity index is 413. The number of pyridine rings is 1. The molecule has 1 aromatic heterocycles. The predicted octanol–water partition coefficient (Wildman–Crippen LogP) is 1.61. The predicted molar refractivity (Wildman–Crippen MR) is 64.1 cm³/mol. The summed E-state index contributed by atoms with van der Waals surface area (Å²) in [6, 6.07) is 0. The Balaban J connectivity index is 2.38. The van der Waals surface area contributed by atoms with Gasteiger partial charge in [-0.25, -0.2) is 0 Å². The highest BCUT2D eigenvalue weighted by atomic mass is 16.5. The van der Waals surface area contributed by atoms with Gasteiger partial charge in [-0.3, -0.25) is 4.98 Å². The third kappa shape index (κ3) is 2.58. The fourth-order valence-electron chi connectivity index (χ4n) is 2.07. The van der Waals surface area contributed by atoms with Crippen LogP contribution in [0, 0.1) is 6.92 Å². The van der Waals surface area contributed by atoms with Crippen LogP contribution in [-0.2, 0) is 17.8 Å². The van der Waals surface area contributed by atoms with Crippen LogP contribution in [0.1, 0.15) is 29.7 Å². The van der Waals surface area contributed by atoms with Crippen LogP contribution < -0.4 is 4.74 Å². The average Bonchev–Trinajstić information content (AvgIpc) is 3.01. The molecule has 1 fully saturated rings. The van der Waals surface area contributed by atoms with Gasteiger partial charge in [-0.15, -0.1) is 0 Å². The quantitative estimate of drug-likeness (QED) is 0.845. The molecule has 94 valence electrons. The summed E-state index contributed by atoms with van der Waals surface area (Å²) in [5, 5.41) is 10.1. The van der Waals surface area contributed by atoms with E-state index < -0.39 is 5.60 Å². The fourth-order valence-corrected chi connectivity index (χ4v) is 2.07. The maximum atomic E-state index is 10.1. The highest BCUT2D eigenvalue weighted by Crippen LogP contribution is 2.41. The van der Waals surface area contributed by atoms with E-state index in [-0.39, 0.29) is 0 Å². The van der Waals surface area contributed by atoms with Gasteiger partial charge in [0.25, 0.3) is 0 Å². The highest BCUT2D eigenvalue weighted by molar-refractivity contribution is 5.43. The van der Waals surface area contributed by atoms with Crippen molar-refractivity contribution in [2.24, 2.45) is 0 Å². The van der Waals surface area contributed by atoms with Crippen molar-refractivity contribution in [1.29, 1.82) is 0 Å². The van der Waals surface area contributed by atoms with Crippen molar-refractivity contribution in [3.8, 4) is 5.75 Å². The summed E-state index contributed by atoms with van der Waals surface area (Å²) >= 11 is 0. The van der Waals surface area contributed by atoms with Gasteiger partial charge in [0.15, 0.2) is 0 Å². The molecule has 0 amide bonds. The molecule has 0 bridgehead atoms. The second kappa shape index (κ2) is 4.63. The molecule has 1 saturated carbocycles. The van der Waals surface area contributed by atoms with Gasteiger partial charge >= 0.3 is 0 Å². The van der Waals surface area contributed by atoms with E-state index in [4.69, 9.17) is 9.47 Å². The lowest BCUT2D eigenvalue weighted by Crippen LogP contribution is -2.15. The zero-order valence-corrected chi connectivity index (χ0v) is 10.6. The minimum absolute atomic E-state index is 0.495. The first kappa shape index (κ1) is 12.3. The molecule has 2 rings (SSSR count). The van der Waals surface area contributed by atoms with E-state index in [9.17, 15) is 5.11 Å². The highest BCUT2D eigenvalue weighted by Gasteiger charge is 2.41. The Morgan fingerprint density at radius 3 is 2.65 bits per heavy atom. The molecule has 0 radical (unpaired) electrons. The van der Waals surface area contributed by atoms with E-state index >= 15 is 0 Å². The standard InChI is InChI=1S/C13H19NO3/c1-9-12(17-3)11(6-13(15)4-5-13)10(7-14-9)8-16-2/h7,15H,4-6,8H2,1-3H3. The van der Waals surface area contributed by atoms with Crippen LogP contribution in [0.3, 0.4) is 0 Å². The first-order chi connectivity index (χ1) is 8.09. The first-order valence-corrected chi connectivity index (χ1v) is 5.82. The van der Waals surface area contributed by atoms with Crippen molar-refractivity contribution in [3.63, 3.8) is 0 Å². The van der Waals surface area contributed by atoms with Crippen LogP contribution in [0.5, 0.6) is 5.75 Å². The van der Waals surface area contributed by atoms with Gasteiger partial charge in [0.2, 0.25) is 0 Å². The number of aliphatic hydroxyl groups is 1. The lowest BCUT2D eigenvalue weighted by atomic mass is 10.0. The zero-order chi connectivity index (χ0) is 12.5. The summed E-state index contributed by atoms with van der Waals surface area (Å²) in [5.41, 5.74) is 2.34. The molecule has 4 heteroatoms. The molecule has 0 atom stereocenters. The smallest absolute Gasteiger partial charge is 0.143 e. The Morgan fingerprint density at radius 1 is 1.41 bits per heavy atom. The molecule has 0 unspecified atom stereocenters. The Labute approximate surface area is 102 Å². The number of aryl methyl sites for hydroxylation is 1. The average molecular weight is 237 g/mol. The maximum absolute atomic E-state index is 10.1. The summed E-state index contributed by atoms with van der Waals surface area (Å²) < 4.78 is 10.6. The van der Waals surface area contributed by atoms with Gasteiger partial charge in [0, 0.05) is 30.9 Å². The third-order valence-corrected chi connectivity index (χ3v) is 3.24. The molecule has 17 heavy (non-hydrogen) atoms. The van der Waals surface area contributed by atoms with Crippen molar-refractivity contribution in [1.82, 2.24) is 4.98 Å². The molecule has 0 spiro atoms. The molecular weight excluding hydrogens is 218 g/mol. The van der Waals surface area contributed by atoms with Crippen molar-refractivity contribution >= 4 is 0 Å². The molecule has 1 aromatic rings. The SMILES string of the molecule is COCc1cnc(C)c(OC)c1CC1(O)CC1. The van der Waals surface area contributed by atoms with Crippen LogP contribution in [-0.4, -0.2) is 29.9 Å². The second-order valence-corrected chi connectivity index (χ2v) is 4.71. The van der Waals surface area contributed by atoms with Crippen LogP contribution in [0.25, 0.3) is 0 Å². The van der Waals surface area contributed by atoms with Gasteiger partial charge in [-0.2, -0.15) is 0 Å². The Hall–Kier alpha value is -1.13. The van der Waals surface area contributed by atoms with Gasteiger partial charge < -0.3 is 14.6 Å². The van der Waals surface area contributed by atoms with Crippen molar-refractivity contribution in [2.45, 2.75) is 38.4 Å². The van der Waals surface area contributed by atoms with E-state index in [1.807, 2.05) is 13.1 Å². The summed E-state index contributed by atoms with van der Waals surface area (Å²) in [6.07, 6.45) is 4.16. The van der Waals surface area contributed by atoms with Crippen LogP contribution in [0.15, 0.2) is 6.20 Å². The molecule has 1 aliphatic rings. The maximum Gasteiger partial charge on any atom is 0.143 e. The lowest BCUT2D eigenvalue weighted by molar-refractivity contribution is 0.147. The van der Waals surface area contributed by atoms with Crippen LogP contribution in [0.4, 0.5) is 0 Å². The minimum atomic E-state index is -0.538. The molecule has 1 aliphatic carbocycles. The van der Waals surface area contributed by atoms with E-state index in [1.165, 1.54) is 0 Å². The number of hydrogen-bond acceptors (Lipinski definition) is 4. The van der Waals surface area contributed by atoms with Crippen molar-refractivity contribution in [3.05, 3.63) is 23.0 Å². The first-order valence-electron chi connectivity index (χ1n) is 5.82. The Morgan fingerprint density at radius 2 is 2.12 bits per heavy atom. The van der Waals surface area contributed by atoms with Gasteiger partial charge in [-0.05, 0) is 19.8 Å². The number of methoxy groups -OCH3 is 2. The van der Waals surface area contributed by atoms with E-state index in [0.29, 0.717) is 13.0 Å². The van der Waals surface area contributed by atoms with Crippen molar-refractivity contribution < 1.29 is 14.6 Å². The van der Waals surface area contributed by atoms with E-state index in [0.717, 1.165) is 35.4 Å². The molecule has 0 aromatic carbocycles. The fraction of sp³-hybridized carbons (Fsp3) is 0.615. The van der Waals surface area contributed by atoms with Crippen LogP contribution in [0.2, 0.25) is 0 Å². The third-order valence-electron chi connectivity index (χ3n) is 3.24. The van der Waals surface area contributed by atoms with Gasteiger partial charge in [-0.1, -0.05) is 0 Å². The number of aromatic nitrogens is 1. The number of rotatable bonds is 5. The van der Waals surface area contributed by atoms with E-state index in [2.05, 4.69) is 4.98 Å². The molecular formula is C13H19NO3. The monoisotopic (exact) mass is 237 g/mol. The zero-order valence-electron chi connectivity index (χ0n) is 10.6. The topological polar surface area (TPSA) is 51.6 Å². The van der Waals surface area contributed by atoms with E-state index in [1.54, 1.807) is 14.2 Å². The van der Waals surface area contributed by atoms with Gasteiger partial charge in [0.05, 0.1) is 25.0 Å². The molecule has 4 nitrogen and oxygen atoms in total. The van der Waals surface area contributed by atoms with Gasteiger partial charge in [0.1, 0.15) is 5.75 Å². The molecule has 1 N–H and O–H groups in total. The molecule has 0 aliphatic heterocycles. The second-order valence-electron chi connectivity index (χ2n) is 4.71. The number of ether oxygens (including phenoxy) is 2. The normalized spacial score (nSPS) is 16.9.